The number of hydrogen-bond acceptors (Lipinski definition) is 3. The van der Waals surface area contributed by atoms with E-state index in [0.717, 1.165) is 5.56 Å². The Morgan fingerprint density at radius 1 is 1.29 bits per heavy atom. The van der Waals surface area contributed by atoms with Crippen LogP contribution in [0.3, 0.4) is 0 Å². The van der Waals surface area contributed by atoms with E-state index in [9.17, 15) is 4.79 Å². The predicted octanol–water partition coefficient (Wildman–Crippen LogP) is 0.940. The smallest absolute Gasteiger partial charge is 0.354 e. The van der Waals surface area contributed by atoms with Crippen molar-refractivity contribution in [1.82, 2.24) is 0 Å². The lowest BCUT2D eigenvalue weighted by Gasteiger charge is -1.86. The molecule has 0 fully saturated rings. The van der Waals surface area contributed by atoms with Gasteiger partial charge < -0.3 is 4.42 Å². The van der Waals surface area contributed by atoms with Gasteiger partial charge in [0.25, 0.3) is 0 Å². The molecule has 0 atom stereocenters. The maximum absolute atomic E-state index is 11.2. The van der Waals surface area contributed by atoms with Crippen molar-refractivity contribution in [2.75, 3.05) is 0 Å². The van der Waals surface area contributed by atoms with Gasteiger partial charge in [0.1, 0.15) is 4.53 Å². The van der Waals surface area contributed by atoms with E-state index in [1.54, 1.807) is 6.08 Å². The van der Waals surface area contributed by atoms with Crippen molar-refractivity contribution >= 4 is 24.0 Å². The summed E-state index contributed by atoms with van der Waals surface area (Å²) in [6.07, 6.45) is 1.80. The predicted molar refractivity (Wildman–Crippen MR) is 57.6 cm³/mol. The van der Waals surface area contributed by atoms with Crippen molar-refractivity contribution in [3.05, 3.63) is 55.6 Å². The number of hydrogen-bond donors (Lipinski definition) is 0. The summed E-state index contributed by atoms with van der Waals surface area (Å²) in [5, 5.41) is 0. The molecule has 14 heavy (non-hydrogen) atoms. The molecule has 0 spiro atoms. The Morgan fingerprint density at radius 3 is 2.57 bits per heavy atom. The van der Waals surface area contributed by atoms with Gasteiger partial charge in [0.2, 0.25) is 0 Å². The summed E-state index contributed by atoms with van der Waals surface area (Å²) in [6, 6.07) is 9.64. The Bertz CT molecular complexity index is 578. The molecule has 0 radical (unpaired) electrons. The third-order valence-corrected chi connectivity index (χ3v) is 2.54. The monoisotopic (exact) mass is 204 g/mol. The second kappa shape index (κ2) is 3.64. The maximum Gasteiger partial charge on any atom is 0.354 e. The summed E-state index contributed by atoms with van der Waals surface area (Å²) in [7, 11) is 0. The summed E-state index contributed by atoms with van der Waals surface area (Å²) in [5.74, 6) is 0. The molecular weight excluding hydrogens is 196 g/mol. The maximum atomic E-state index is 11.2. The second-order valence-corrected chi connectivity index (χ2v) is 3.88. The second-order valence-electron chi connectivity index (χ2n) is 2.78. The summed E-state index contributed by atoms with van der Waals surface area (Å²) < 4.78 is 5.83. The zero-order valence-electron chi connectivity index (χ0n) is 7.40. The van der Waals surface area contributed by atoms with Crippen LogP contribution < -0.4 is 14.9 Å². The summed E-state index contributed by atoms with van der Waals surface area (Å²) >= 11 is 1.26. The lowest BCUT2D eigenvalue weighted by Crippen LogP contribution is -2.15. The van der Waals surface area contributed by atoms with Gasteiger partial charge in [0, 0.05) is 0 Å². The standard InChI is InChI=1S/C11H8O2S/c1-8-13-11(12)10(14-8)7-9-5-3-2-4-6-9/h2-7H,1H2. The summed E-state index contributed by atoms with van der Waals surface area (Å²) in [4.78, 5) is 11.2. The molecule has 70 valence electrons. The van der Waals surface area contributed by atoms with E-state index in [1.807, 2.05) is 30.3 Å². The average Bonchev–Trinajstić information content (AvgIpc) is 2.47. The zero-order valence-corrected chi connectivity index (χ0v) is 8.21. The van der Waals surface area contributed by atoms with E-state index < -0.39 is 0 Å². The molecule has 0 aliphatic carbocycles. The Labute approximate surface area is 84.4 Å². The largest absolute Gasteiger partial charge is 0.412 e. The fourth-order valence-electron chi connectivity index (χ4n) is 1.13. The molecule has 0 amide bonds. The van der Waals surface area contributed by atoms with E-state index in [-0.39, 0.29) is 5.63 Å². The molecule has 0 aliphatic rings. The molecule has 2 aromatic rings. The van der Waals surface area contributed by atoms with Gasteiger partial charge in [-0.15, -0.1) is 0 Å². The Kier molecular flexibility index (Phi) is 2.33. The van der Waals surface area contributed by atoms with Crippen molar-refractivity contribution in [1.29, 1.82) is 0 Å². The molecule has 1 heterocycles. The van der Waals surface area contributed by atoms with Crippen molar-refractivity contribution in [2.45, 2.75) is 0 Å². The lowest BCUT2D eigenvalue weighted by atomic mass is 10.2. The first-order valence-corrected chi connectivity index (χ1v) is 4.93. The fourth-order valence-corrected chi connectivity index (χ4v) is 1.81. The first-order chi connectivity index (χ1) is 6.75. The molecule has 2 nitrogen and oxygen atoms in total. The molecular formula is C11H8O2S. The minimum absolute atomic E-state index is 0.316. The van der Waals surface area contributed by atoms with Gasteiger partial charge >= 0.3 is 5.63 Å². The van der Waals surface area contributed by atoms with Crippen LogP contribution in [-0.4, -0.2) is 0 Å². The van der Waals surface area contributed by atoms with Crippen LogP contribution in [0.5, 0.6) is 0 Å². The highest BCUT2D eigenvalue weighted by atomic mass is 32.1. The highest BCUT2D eigenvalue weighted by molar-refractivity contribution is 7.07. The molecule has 3 heteroatoms. The normalized spacial score (nSPS) is 11.9. The van der Waals surface area contributed by atoms with Crippen LogP contribution in [-0.2, 0) is 0 Å². The van der Waals surface area contributed by atoms with Gasteiger partial charge in [-0.1, -0.05) is 41.7 Å². The van der Waals surface area contributed by atoms with Crippen molar-refractivity contribution in [2.24, 2.45) is 0 Å². The minimum atomic E-state index is -0.316. The van der Waals surface area contributed by atoms with Crippen LogP contribution >= 0.6 is 11.3 Å². The van der Waals surface area contributed by atoms with Crippen LogP contribution in [0, 0.1) is 0 Å². The minimum Gasteiger partial charge on any atom is -0.412 e. The van der Waals surface area contributed by atoms with Gasteiger partial charge in [-0.05, 0) is 18.2 Å². The zero-order chi connectivity index (χ0) is 9.97. The van der Waals surface area contributed by atoms with E-state index >= 15 is 0 Å². The quantitative estimate of drug-likeness (QED) is 0.692. The molecule has 0 saturated carbocycles. The average molecular weight is 204 g/mol. The Morgan fingerprint density at radius 2 is 2.00 bits per heavy atom. The summed E-state index contributed by atoms with van der Waals surface area (Å²) in [5.41, 5.74) is 0.672. The first kappa shape index (κ1) is 8.97. The molecule has 2 rings (SSSR count). The van der Waals surface area contributed by atoms with Gasteiger partial charge in [-0.2, -0.15) is 0 Å². The highest BCUT2D eigenvalue weighted by Crippen LogP contribution is 1.97. The fraction of sp³-hybridized carbons (Fsp3) is 0. The van der Waals surface area contributed by atoms with Crippen molar-refractivity contribution < 1.29 is 4.42 Å². The molecule has 0 bridgehead atoms. The van der Waals surface area contributed by atoms with Gasteiger partial charge in [-0.3, -0.25) is 0 Å². The molecule has 0 unspecified atom stereocenters. The third kappa shape index (κ3) is 1.83. The molecule has 0 saturated heterocycles. The van der Waals surface area contributed by atoms with Crippen LogP contribution in [0.1, 0.15) is 5.56 Å². The van der Waals surface area contributed by atoms with E-state index in [1.165, 1.54) is 11.3 Å². The van der Waals surface area contributed by atoms with Crippen molar-refractivity contribution in [3.8, 4) is 0 Å². The number of benzene rings is 1. The van der Waals surface area contributed by atoms with E-state index in [0.29, 0.717) is 9.26 Å². The number of rotatable bonds is 1. The highest BCUT2D eigenvalue weighted by Gasteiger charge is 1.94. The molecule has 1 aromatic heterocycles. The van der Waals surface area contributed by atoms with Crippen LogP contribution in [0.4, 0.5) is 0 Å². The molecule has 0 aliphatic heterocycles. The van der Waals surface area contributed by atoms with E-state index in [4.69, 9.17) is 4.42 Å². The van der Waals surface area contributed by atoms with Crippen LogP contribution in [0.2, 0.25) is 0 Å². The van der Waals surface area contributed by atoms with E-state index in [2.05, 4.69) is 6.58 Å². The Hall–Kier alpha value is -1.61. The molecule has 0 N–H and O–H groups in total. The van der Waals surface area contributed by atoms with Crippen molar-refractivity contribution in [3.63, 3.8) is 0 Å². The SMILES string of the molecule is C=c1oc(=O)c(=Cc2ccccc2)s1. The first-order valence-electron chi connectivity index (χ1n) is 4.11. The topological polar surface area (TPSA) is 30.2 Å². The lowest BCUT2D eigenvalue weighted by molar-refractivity contribution is 0.503. The van der Waals surface area contributed by atoms with Gasteiger partial charge in [0.15, 0.2) is 4.73 Å². The van der Waals surface area contributed by atoms with Gasteiger partial charge in [0.05, 0.1) is 0 Å². The third-order valence-electron chi connectivity index (χ3n) is 1.73. The Balaban J connectivity index is 2.61. The van der Waals surface area contributed by atoms with Crippen LogP contribution in [0.15, 0.2) is 39.5 Å². The van der Waals surface area contributed by atoms with Crippen LogP contribution in [0.25, 0.3) is 12.7 Å². The summed E-state index contributed by atoms with van der Waals surface area (Å²) in [6.45, 7) is 3.58. The molecule has 1 aromatic carbocycles. The van der Waals surface area contributed by atoms with Gasteiger partial charge in [-0.25, -0.2) is 4.79 Å².